The molecule has 1 heterocycles. The molecule has 0 radical (unpaired) electrons. The van der Waals surface area contributed by atoms with Gasteiger partial charge in [0, 0.05) is 24.7 Å². The minimum Gasteiger partial charge on any atom is -0.325 e. The molecule has 1 fully saturated rings. The van der Waals surface area contributed by atoms with Gasteiger partial charge < -0.3 is 5.32 Å². The van der Waals surface area contributed by atoms with Crippen LogP contribution in [0.2, 0.25) is 0 Å². The van der Waals surface area contributed by atoms with Crippen LogP contribution in [0.5, 0.6) is 0 Å². The fraction of sp³-hybridized carbons (Fsp3) is 0.500. The number of sulfonamides is 1. The maximum Gasteiger partial charge on any atom is 0.243 e. The smallest absolute Gasteiger partial charge is 0.243 e. The van der Waals surface area contributed by atoms with E-state index in [1.165, 1.54) is 4.31 Å². The highest BCUT2D eigenvalue weighted by atomic mass is 32.2. The Morgan fingerprint density at radius 2 is 1.53 bits per heavy atom. The Kier molecular flexibility index (Phi) is 7.46. The van der Waals surface area contributed by atoms with Gasteiger partial charge in [0.1, 0.15) is 0 Å². The van der Waals surface area contributed by atoms with Crippen molar-refractivity contribution in [1.82, 2.24) is 4.31 Å². The average molecular weight is 457 g/mol. The van der Waals surface area contributed by atoms with Gasteiger partial charge in [-0.05, 0) is 61.3 Å². The van der Waals surface area contributed by atoms with Gasteiger partial charge in [0.25, 0.3) is 0 Å². The Bertz CT molecular complexity index is 1060. The van der Waals surface area contributed by atoms with Gasteiger partial charge in [-0.3, -0.25) is 4.79 Å². The third kappa shape index (κ3) is 5.07. The molecule has 3 rings (SSSR count). The molecule has 0 spiro atoms. The van der Waals surface area contributed by atoms with Crippen molar-refractivity contribution in [2.45, 2.75) is 71.1 Å². The number of anilines is 1. The van der Waals surface area contributed by atoms with E-state index in [1.807, 2.05) is 26.0 Å². The van der Waals surface area contributed by atoms with Crippen molar-refractivity contribution in [3.63, 3.8) is 0 Å². The van der Waals surface area contributed by atoms with Crippen LogP contribution in [-0.4, -0.2) is 31.7 Å². The van der Waals surface area contributed by atoms with Crippen molar-refractivity contribution in [2.75, 3.05) is 18.4 Å². The third-order valence-electron chi connectivity index (χ3n) is 6.39. The number of carbonyl (C=O) groups excluding carboxylic acids is 1. The van der Waals surface area contributed by atoms with Crippen LogP contribution in [0.1, 0.15) is 74.6 Å². The Balaban J connectivity index is 1.73. The quantitative estimate of drug-likeness (QED) is 0.616. The lowest BCUT2D eigenvalue weighted by molar-refractivity contribution is -0.120. The summed E-state index contributed by atoms with van der Waals surface area (Å²) in [5.41, 5.74) is 5.00. The second kappa shape index (κ2) is 9.75. The minimum absolute atomic E-state index is 0.0106. The molecule has 174 valence electrons. The monoisotopic (exact) mass is 456 g/mol. The topological polar surface area (TPSA) is 66.5 Å². The van der Waals surface area contributed by atoms with Gasteiger partial charge >= 0.3 is 0 Å². The molecule has 0 bridgehead atoms. The highest BCUT2D eigenvalue weighted by molar-refractivity contribution is 7.89. The second-order valence-electron chi connectivity index (χ2n) is 9.56. The Morgan fingerprint density at radius 3 is 2.03 bits per heavy atom. The Morgan fingerprint density at radius 1 is 0.969 bits per heavy atom. The first-order valence-corrected chi connectivity index (χ1v) is 13.0. The molecule has 1 amide bonds. The first-order chi connectivity index (χ1) is 15.0. The zero-order chi connectivity index (χ0) is 23.6. The molecule has 32 heavy (non-hydrogen) atoms. The number of nitrogens with one attached hydrogen (secondary N) is 1. The standard InChI is InChI=1S/C26H36N2O3S/c1-17(2)22-8-7-9-23(18(3)4)25(22)27-26(29)21-12-14-28(15-13-21)32(30,31)24-11-10-19(5)16-20(24)6/h7-11,16-18,21H,12-15H2,1-6H3,(H,27,29). The third-order valence-corrected chi connectivity index (χ3v) is 8.45. The summed E-state index contributed by atoms with van der Waals surface area (Å²) < 4.78 is 27.8. The minimum atomic E-state index is -3.55. The van der Waals surface area contributed by atoms with Gasteiger partial charge in [0.05, 0.1) is 4.90 Å². The van der Waals surface area contributed by atoms with Crippen molar-refractivity contribution in [3.05, 3.63) is 58.7 Å². The van der Waals surface area contributed by atoms with Gasteiger partial charge in [-0.25, -0.2) is 8.42 Å². The lowest BCUT2D eigenvalue weighted by Crippen LogP contribution is -2.41. The summed E-state index contributed by atoms with van der Waals surface area (Å²) in [5, 5.41) is 3.21. The number of piperidine rings is 1. The molecular weight excluding hydrogens is 420 g/mol. The molecule has 1 saturated heterocycles. The Labute approximate surface area is 193 Å². The summed E-state index contributed by atoms with van der Waals surface area (Å²) in [6.45, 7) is 13.0. The van der Waals surface area contributed by atoms with Crippen LogP contribution in [0.25, 0.3) is 0 Å². The van der Waals surface area contributed by atoms with Crippen molar-refractivity contribution >= 4 is 21.6 Å². The largest absolute Gasteiger partial charge is 0.325 e. The van der Waals surface area contributed by atoms with E-state index >= 15 is 0 Å². The first-order valence-electron chi connectivity index (χ1n) is 11.5. The van der Waals surface area contributed by atoms with E-state index in [2.05, 4.69) is 51.2 Å². The van der Waals surface area contributed by atoms with Crippen LogP contribution in [0.4, 0.5) is 5.69 Å². The molecule has 0 saturated carbocycles. The molecule has 0 atom stereocenters. The maximum absolute atomic E-state index is 13.2. The van der Waals surface area contributed by atoms with Crippen LogP contribution in [-0.2, 0) is 14.8 Å². The highest BCUT2D eigenvalue weighted by Crippen LogP contribution is 2.34. The van der Waals surface area contributed by atoms with E-state index in [0.29, 0.717) is 42.7 Å². The predicted octanol–water partition coefficient (Wildman–Crippen LogP) is 5.59. The average Bonchev–Trinajstić information content (AvgIpc) is 2.73. The molecule has 1 N–H and O–H groups in total. The fourth-order valence-corrected chi connectivity index (χ4v) is 6.18. The summed E-state index contributed by atoms with van der Waals surface area (Å²) >= 11 is 0. The van der Waals surface area contributed by atoms with E-state index in [9.17, 15) is 13.2 Å². The van der Waals surface area contributed by atoms with Crippen LogP contribution >= 0.6 is 0 Å². The molecule has 2 aromatic rings. The fourth-order valence-electron chi connectivity index (χ4n) is 4.51. The molecule has 6 heteroatoms. The number of amides is 1. The zero-order valence-electron chi connectivity index (χ0n) is 20.1. The van der Waals surface area contributed by atoms with Gasteiger partial charge in [0.2, 0.25) is 15.9 Å². The van der Waals surface area contributed by atoms with Gasteiger partial charge in [-0.2, -0.15) is 4.31 Å². The lowest BCUT2D eigenvalue weighted by Gasteiger charge is -2.31. The van der Waals surface area contributed by atoms with E-state index in [0.717, 1.165) is 27.9 Å². The molecule has 0 aromatic heterocycles. The van der Waals surface area contributed by atoms with Crippen molar-refractivity contribution in [3.8, 4) is 0 Å². The number of para-hydroxylation sites is 1. The molecule has 2 aromatic carbocycles. The highest BCUT2D eigenvalue weighted by Gasteiger charge is 2.33. The molecule has 1 aliphatic rings. The number of hydrogen-bond donors (Lipinski definition) is 1. The SMILES string of the molecule is Cc1ccc(S(=O)(=O)N2CCC(C(=O)Nc3c(C(C)C)cccc3C(C)C)CC2)c(C)c1. The molecule has 0 aliphatic carbocycles. The number of hydrogen-bond acceptors (Lipinski definition) is 3. The normalized spacial score (nSPS) is 16.0. The van der Waals surface area contributed by atoms with E-state index in [4.69, 9.17) is 0 Å². The summed E-state index contributed by atoms with van der Waals surface area (Å²) in [4.78, 5) is 13.5. The summed E-state index contributed by atoms with van der Waals surface area (Å²) in [6.07, 6.45) is 1.05. The second-order valence-corrected chi connectivity index (χ2v) is 11.5. The predicted molar refractivity (Wildman–Crippen MR) is 131 cm³/mol. The molecule has 5 nitrogen and oxygen atoms in total. The van der Waals surface area contributed by atoms with Crippen LogP contribution < -0.4 is 5.32 Å². The van der Waals surface area contributed by atoms with Gasteiger partial charge in [-0.15, -0.1) is 0 Å². The Hall–Kier alpha value is -2.18. The van der Waals surface area contributed by atoms with E-state index in [-0.39, 0.29) is 11.8 Å². The lowest BCUT2D eigenvalue weighted by atomic mass is 9.91. The van der Waals surface area contributed by atoms with Gasteiger partial charge in [0.15, 0.2) is 0 Å². The van der Waals surface area contributed by atoms with Crippen molar-refractivity contribution in [1.29, 1.82) is 0 Å². The van der Waals surface area contributed by atoms with Crippen LogP contribution in [0, 0.1) is 19.8 Å². The summed E-state index contributed by atoms with van der Waals surface area (Å²) in [7, 11) is -3.55. The number of rotatable bonds is 6. The van der Waals surface area contributed by atoms with E-state index in [1.54, 1.807) is 6.07 Å². The number of nitrogens with zero attached hydrogens (tertiary/aromatic N) is 1. The van der Waals surface area contributed by atoms with Crippen LogP contribution in [0.3, 0.4) is 0 Å². The maximum atomic E-state index is 13.2. The molecule has 1 aliphatic heterocycles. The van der Waals surface area contributed by atoms with E-state index < -0.39 is 10.0 Å². The van der Waals surface area contributed by atoms with Crippen molar-refractivity contribution in [2.24, 2.45) is 5.92 Å². The molecular formula is C26H36N2O3S. The zero-order valence-corrected chi connectivity index (χ0v) is 20.9. The molecule has 0 unspecified atom stereocenters. The summed E-state index contributed by atoms with van der Waals surface area (Å²) in [6, 6.07) is 11.6. The number of benzene rings is 2. The number of carbonyl (C=O) groups is 1. The van der Waals surface area contributed by atoms with Crippen LogP contribution in [0.15, 0.2) is 41.3 Å². The number of aryl methyl sites for hydroxylation is 2. The van der Waals surface area contributed by atoms with Gasteiger partial charge in [-0.1, -0.05) is 63.6 Å². The summed E-state index contributed by atoms with van der Waals surface area (Å²) in [5.74, 6) is 0.395. The first kappa shape index (κ1) is 24.5. The van der Waals surface area contributed by atoms with Crippen molar-refractivity contribution < 1.29 is 13.2 Å².